The number of nitrogens with one attached hydrogen (secondary N) is 3. The van der Waals surface area contributed by atoms with Gasteiger partial charge < -0.3 is 9.73 Å². The number of benzene rings is 1. The molecule has 1 aromatic carbocycles. The molecule has 25 heavy (non-hydrogen) atoms. The van der Waals surface area contributed by atoms with Crippen LogP contribution in [0.1, 0.15) is 21.8 Å². The van der Waals surface area contributed by atoms with E-state index >= 15 is 0 Å². The quantitative estimate of drug-likeness (QED) is 0.595. The van der Waals surface area contributed by atoms with Gasteiger partial charge in [-0.05, 0) is 17.7 Å². The van der Waals surface area contributed by atoms with E-state index in [4.69, 9.17) is 4.42 Å². The summed E-state index contributed by atoms with van der Waals surface area (Å²) in [6.45, 7) is 0.175. The van der Waals surface area contributed by atoms with Gasteiger partial charge in [0.2, 0.25) is 10.0 Å². The van der Waals surface area contributed by atoms with E-state index in [1.165, 1.54) is 12.5 Å². The molecule has 3 rings (SSSR count). The Bertz CT molecular complexity index is 934. The van der Waals surface area contributed by atoms with Crippen molar-refractivity contribution in [1.82, 2.24) is 15.5 Å². The minimum Gasteiger partial charge on any atom is -0.467 e. The zero-order chi connectivity index (χ0) is 17.7. The number of furan rings is 1. The minimum atomic E-state index is -3.68. The van der Waals surface area contributed by atoms with Gasteiger partial charge in [-0.1, -0.05) is 30.3 Å². The lowest BCUT2D eigenvalue weighted by molar-refractivity contribution is 0.0944. The molecule has 3 N–H and O–H groups in total. The van der Waals surface area contributed by atoms with E-state index in [1.807, 2.05) is 0 Å². The van der Waals surface area contributed by atoms with Crippen molar-refractivity contribution in [1.29, 1.82) is 0 Å². The number of H-pyrrole nitrogens is 1. The van der Waals surface area contributed by atoms with Crippen LogP contribution in [0.25, 0.3) is 0 Å². The zero-order valence-corrected chi connectivity index (χ0v) is 13.9. The van der Waals surface area contributed by atoms with Crippen LogP contribution in [0, 0.1) is 0 Å². The van der Waals surface area contributed by atoms with E-state index in [1.54, 1.807) is 42.5 Å². The fourth-order valence-electron chi connectivity index (χ4n) is 2.20. The van der Waals surface area contributed by atoms with Crippen molar-refractivity contribution in [3.05, 3.63) is 71.9 Å². The van der Waals surface area contributed by atoms with Crippen molar-refractivity contribution < 1.29 is 17.6 Å². The van der Waals surface area contributed by atoms with Crippen molar-refractivity contribution in [2.75, 3.05) is 4.72 Å². The van der Waals surface area contributed by atoms with Gasteiger partial charge in [0.15, 0.2) is 5.69 Å². The predicted octanol–water partition coefficient (Wildman–Crippen LogP) is 1.87. The number of nitrogens with zero attached hydrogens (tertiary/aromatic N) is 1. The van der Waals surface area contributed by atoms with Gasteiger partial charge in [-0.15, -0.1) is 0 Å². The lowest BCUT2D eigenvalue weighted by atomic mass is 10.2. The van der Waals surface area contributed by atoms with Gasteiger partial charge in [0.05, 0.1) is 24.2 Å². The Hall–Kier alpha value is -3.07. The molecule has 3 aromatic rings. The van der Waals surface area contributed by atoms with Gasteiger partial charge >= 0.3 is 0 Å². The number of aromatic nitrogens is 2. The first-order chi connectivity index (χ1) is 12.0. The fraction of sp³-hybridized carbons (Fsp3) is 0.125. The van der Waals surface area contributed by atoms with Crippen molar-refractivity contribution in [3.63, 3.8) is 0 Å². The lowest BCUT2D eigenvalue weighted by Gasteiger charge is -2.08. The minimum absolute atomic E-state index is 0.0387. The highest BCUT2D eigenvalue weighted by Crippen LogP contribution is 2.16. The standard InChI is InChI=1S/C16H16N4O4S/c21-16(17-9-13-7-4-8-24-13)15-14(10-18-19-15)20-25(22,23)11-12-5-2-1-3-6-12/h1-8,10,20H,9,11H2,(H,17,21)(H,18,19). The Kier molecular flexibility index (Phi) is 4.85. The molecule has 0 aliphatic carbocycles. The highest BCUT2D eigenvalue weighted by molar-refractivity contribution is 7.91. The second-order valence-corrected chi connectivity index (χ2v) is 6.98. The number of hydrogen-bond acceptors (Lipinski definition) is 5. The van der Waals surface area contributed by atoms with Crippen molar-refractivity contribution in [2.45, 2.75) is 12.3 Å². The summed E-state index contributed by atoms with van der Waals surface area (Å²) in [5.74, 6) is -0.142. The SMILES string of the molecule is O=C(NCc1ccco1)c1n[nH]cc1NS(=O)(=O)Cc1ccccc1. The van der Waals surface area contributed by atoms with Gasteiger partial charge in [0, 0.05) is 6.20 Å². The second kappa shape index (κ2) is 7.22. The van der Waals surface area contributed by atoms with E-state index in [2.05, 4.69) is 20.2 Å². The molecular formula is C16H16N4O4S. The molecule has 0 bridgehead atoms. The molecule has 0 aliphatic heterocycles. The molecule has 0 unspecified atom stereocenters. The van der Waals surface area contributed by atoms with Crippen LogP contribution in [0.2, 0.25) is 0 Å². The highest BCUT2D eigenvalue weighted by Gasteiger charge is 2.20. The maximum Gasteiger partial charge on any atom is 0.274 e. The summed E-state index contributed by atoms with van der Waals surface area (Å²) >= 11 is 0. The maximum absolute atomic E-state index is 12.3. The zero-order valence-electron chi connectivity index (χ0n) is 13.1. The van der Waals surface area contributed by atoms with Gasteiger partial charge in [-0.2, -0.15) is 5.10 Å². The maximum atomic E-state index is 12.3. The lowest BCUT2D eigenvalue weighted by Crippen LogP contribution is -2.25. The van der Waals surface area contributed by atoms with Crippen LogP contribution in [-0.2, 0) is 22.3 Å². The number of rotatable bonds is 7. The topological polar surface area (TPSA) is 117 Å². The Morgan fingerprint density at radius 2 is 1.96 bits per heavy atom. The molecule has 2 aromatic heterocycles. The van der Waals surface area contributed by atoms with Crippen LogP contribution >= 0.6 is 0 Å². The average molecular weight is 360 g/mol. The normalized spacial score (nSPS) is 11.2. The monoisotopic (exact) mass is 360 g/mol. The van der Waals surface area contributed by atoms with Crippen LogP contribution in [0.3, 0.4) is 0 Å². The van der Waals surface area contributed by atoms with E-state index in [0.717, 1.165) is 0 Å². The van der Waals surface area contributed by atoms with E-state index < -0.39 is 15.9 Å². The highest BCUT2D eigenvalue weighted by atomic mass is 32.2. The summed E-state index contributed by atoms with van der Waals surface area (Å²) in [5.41, 5.74) is 0.693. The van der Waals surface area contributed by atoms with E-state index in [-0.39, 0.29) is 23.7 Å². The number of aromatic amines is 1. The molecule has 0 saturated heterocycles. The van der Waals surface area contributed by atoms with Gasteiger partial charge in [0.1, 0.15) is 5.76 Å². The molecule has 0 aliphatic rings. The number of carbonyl (C=O) groups is 1. The molecule has 130 valence electrons. The number of carbonyl (C=O) groups excluding carboxylic acids is 1. The van der Waals surface area contributed by atoms with Crippen molar-refractivity contribution >= 4 is 21.6 Å². The fourth-order valence-corrected chi connectivity index (χ4v) is 3.40. The summed E-state index contributed by atoms with van der Waals surface area (Å²) in [6.07, 6.45) is 2.82. The Labute approximate surface area is 144 Å². The molecule has 0 radical (unpaired) electrons. The third-order valence-electron chi connectivity index (χ3n) is 3.32. The summed E-state index contributed by atoms with van der Waals surface area (Å²) in [4.78, 5) is 12.2. The third-order valence-corrected chi connectivity index (χ3v) is 4.57. The van der Waals surface area contributed by atoms with Crippen LogP contribution in [0.4, 0.5) is 5.69 Å². The largest absolute Gasteiger partial charge is 0.467 e. The molecule has 8 nitrogen and oxygen atoms in total. The van der Waals surface area contributed by atoms with Crippen LogP contribution < -0.4 is 10.0 Å². The van der Waals surface area contributed by atoms with Gasteiger partial charge in [-0.3, -0.25) is 14.6 Å². The van der Waals surface area contributed by atoms with Crippen LogP contribution in [0.5, 0.6) is 0 Å². The molecular weight excluding hydrogens is 344 g/mol. The van der Waals surface area contributed by atoms with Gasteiger partial charge in [0.25, 0.3) is 5.91 Å². The first kappa shape index (κ1) is 16.8. The summed E-state index contributed by atoms with van der Waals surface area (Å²) < 4.78 is 32.1. The van der Waals surface area contributed by atoms with Crippen LogP contribution in [-0.4, -0.2) is 24.5 Å². The Balaban J connectivity index is 1.67. The number of amides is 1. The predicted molar refractivity (Wildman–Crippen MR) is 91.2 cm³/mol. The van der Waals surface area contributed by atoms with Crippen molar-refractivity contribution in [2.24, 2.45) is 0 Å². The first-order valence-corrected chi connectivity index (χ1v) is 9.07. The molecule has 2 heterocycles. The smallest absolute Gasteiger partial charge is 0.274 e. The number of anilines is 1. The van der Waals surface area contributed by atoms with Crippen LogP contribution in [0.15, 0.2) is 59.3 Å². The third kappa shape index (κ3) is 4.48. The second-order valence-electron chi connectivity index (χ2n) is 5.26. The average Bonchev–Trinajstić information content (AvgIpc) is 3.24. The molecule has 9 heteroatoms. The van der Waals surface area contributed by atoms with Gasteiger partial charge in [-0.25, -0.2) is 8.42 Å². The Morgan fingerprint density at radius 3 is 2.68 bits per heavy atom. The molecule has 0 spiro atoms. The van der Waals surface area contributed by atoms with E-state index in [0.29, 0.717) is 11.3 Å². The number of sulfonamides is 1. The van der Waals surface area contributed by atoms with Crippen molar-refractivity contribution in [3.8, 4) is 0 Å². The number of hydrogen-bond donors (Lipinski definition) is 3. The summed E-state index contributed by atoms with van der Waals surface area (Å²) in [5, 5.41) is 8.92. The molecule has 1 amide bonds. The molecule has 0 saturated carbocycles. The molecule has 0 atom stereocenters. The van der Waals surface area contributed by atoms with E-state index in [9.17, 15) is 13.2 Å². The Morgan fingerprint density at radius 1 is 1.16 bits per heavy atom. The summed E-state index contributed by atoms with van der Waals surface area (Å²) in [6, 6.07) is 12.2. The summed E-state index contributed by atoms with van der Waals surface area (Å²) in [7, 11) is -3.68. The molecule has 0 fully saturated rings. The first-order valence-electron chi connectivity index (χ1n) is 7.42.